The number of aromatic nitrogens is 2. The summed E-state index contributed by atoms with van der Waals surface area (Å²) in [5.41, 5.74) is 7.84. The number of methoxy groups -OCH3 is 1. The van der Waals surface area contributed by atoms with Crippen molar-refractivity contribution in [3.63, 3.8) is 0 Å². The van der Waals surface area contributed by atoms with Crippen molar-refractivity contribution in [2.24, 2.45) is 0 Å². The monoisotopic (exact) mass is 244 g/mol. The number of nitrogens with one attached hydrogen (secondary N) is 1. The number of nitrogens with zero attached hydrogens (tertiary/aromatic N) is 2. The molecule has 5 heteroatoms. The third-order valence-electron chi connectivity index (χ3n) is 2.56. The first-order valence-electron chi connectivity index (χ1n) is 5.75. The molecule has 0 aliphatic carbocycles. The Hall–Kier alpha value is -2.30. The Kier molecular flexibility index (Phi) is 3.62. The molecular weight excluding hydrogens is 228 g/mol. The fourth-order valence-electron chi connectivity index (χ4n) is 1.58. The molecule has 1 heterocycles. The minimum Gasteiger partial charge on any atom is -0.481 e. The molecule has 0 bridgehead atoms. The Balaban J connectivity index is 2.19. The van der Waals surface area contributed by atoms with Crippen LogP contribution in [-0.4, -0.2) is 17.1 Å². The third-order valence-corrected chi connectivity index (χ3v) is 2.56. The number of hydrogen-bond acceptors (Lipinski definition) is 5. The fourth-order valence-corrected chi connectivity index (χ4v) is 1.58. The zero-order chi connectivity index (χ0) is 13.0. The lowest BCUT2D eigenvalue weighted by Gasteiger charge is -2.08. The van der Waals surface area contributed by atoms with Crippen LogP contribution in [0.2, 0.25) is 0 Å². The van der Waals surface area contributed by atoms with Gasteiger partial charge in [0, 0.05) is 11.8 Å². The molecule has 0 atom stereocenters. The van der Waals surface area contributed by atoms with E-state index < -0.39 is 0 Å². The molecule has 94 valence electrons. The minimum absolute atomic E-state index is 0.182. The summed E-state index contributed by atoms with van der Waals surface area (Å²) < 4.78 is 5.04. The largest absolute Gasteiger partial charge is 0.481 e. The van der Waals surface area contributed by atoms with Crippen molar-refractivity contribution in [3.05, 3.63) is 35.9 Å². The van der Waals surface area contributed by atoms with Crippen LogP contribution >= 0.6 is 0 Å². The Bertz CT molecular complexity index is 525. The first kappa shape index (κ1) is 12.2. The lowest BCUT2D eigenvalue weighted by Crippen LogP contribution is -2.01. The van der Waals surface area contributed by atoms with Gasteiger partial charge in [0.25, 0.3) is 0 Å². The second-order valence-electron chi connectivity index (χ2n) is 3.83. The lowest BCUT2D eigenvalue weighted by atomic mass is 10.1. The Morgan fingerprint density at radius 2 is 1.94 bits per heavy atom. The van der Waals surface area contributed by atoms with E-state index in [2.05, 4.69) is 34.3 Å². The first-order chi connectivity index (χ1) is 8.71. The molecule has 5 nitrogen and oxygen atoms in total. The Morgan fingerprint density at radius 1 is 1.22 bits per heavy atom. The zero-order valence-electron chi connectivity index (χ0n) is 10.5. The molecule has 0 fully saturated rings. The summed E-state index contributed by atoms with van der Waals surface area (Å²) in [5.74, 6) is 1.24. The standard InChI is InChI=1S/C13H16N4O/c1-3-9-4-6-10(7-5-9)15-11-8-12(18-2)17-13(14)16-11/h4-8H,3H2,1-2H3,(H3,14,15,16,17). The van der Waals surface area contributed by atoms with Crippen molar-refractivity contribution in [2.45, 2.75) is 13.3 Å². The van der Waals surface area contributed by atoms with E-state index in [1.165, 1.54) is 5.56 Å². The topological polar surface area (TPSA) is 73.1 Å². The van der Waals surface area contributed by atoms with Crippen LogP contribution in [0.1, 0.15) is 12.5 Å². The van der Waals surface area contributed by atoms with Gasteiger partial charge >= 0.3 is 0 Å². The molecule has 0 amide bonds. The number of rotatable bonds is 4. The maximum absolute atomic E-state index is 5.59. The molecule has 2 rings (SSSR count). The number of nitrogens with two attached hydrogens (primary N) is 1. The van der Waals surface area contributed by atoms with Crippen LogP contribution < -0.4 is 15.8 Å². The summed E-state index contributed by atoms with van der Waals surface area (Å²) in [5, 5.41) is 3.16. The quantitative estimate of drug-likeness (QED) is 0.863. The molecular formula is C13H16N4O. The average Bonchev–Trinajstić information content (AvgIpc) is 2.39. The number of nitrogen functional groups attached to an aromatic ring is 1. The molecule has 0 aliphatic heterocycles. The van der Waals surface area contributed by atoms with E-state index in [1.807, 2.05) is 12.1 Å². The van der Waals surface area contributed by atoms with Gasteiger partial charge in [-0.2, -0.15) is 9.97 Å². The molecule has 0 radical (unpaired) electrons. The smallest absolute Gasteiger partial charge is 0.225 e. The van der Waals surface area contributed by atoms with Crippen molar-refractivity contribution in [2.75, 3.05) is 18.2 Å². The highest BCUT2D eigenvalue weighted by Crippen LogP contribution is 2.19. The summed E-state index contributed by atoms with van der Waals surface area (Å²) in [7, 11) is 1.54. The molecule has 0 saturated carbocycles. The molecule has 2 aromatic rings. The predicted molar refractivity (Wildman–Crippen MR) is 72.1 cm³/mol. The highest BCUT2D eigenvalue weighted by atomic mass is 16.5. The predicted octanol–water partition coefficient (Wildman–Crippen LogP) is 2.37. The fraction of sp³-hybridized carbons (Fsp3) is 0.231. The number of aryl methyl sites for hydroxylation is 1. The number of hydrogen-bond donors (Lipinski definition) is 2. The van der Waals surface area contributed by atoms with Gasteiger partial charge in [0.15, 0.2) is 0 Å². The molecule has 0 aliphatic rings. The van der Waals surface area contributed by atoms with E-state index in [-0.39, 0.29) is 5.95 Å². The molecule has 1 aromatic heterocycles. The van der Waals surface area contributed by atoms with Crippen molar-refractivity contribution >= 4 is 17.5 Å². The summed E-state index contributed by atoms with van der Waals surface area (Å²) in [6, 6.07) is 9.85. The maximum Gasteiger partial charge on any atom is 0.225 e. The van der Waals surface area contributed by atoms with Crippen LogP contribution in [0.4, 0.5) is 17.5 Å². The Labute approximate surface area is 106 Å². The van der Waals surface area contributed by atoms with Crippen LogP contribution in [0.15, 0.2) is 30.3 Å². The summed E-state index contributed by atoms with van der Waals surface area (Å²) >= 11 is 0. The Morgan fingerprint density at radius 3 is 2.56 bits per heavy atom. The molecule has 18 heavy (non-hydrogen) atoms. The van der Waals surface area contributed by atoms with Crippen molar-refractivity contribution in [1.29, 1.82) is 0 Å². The van der Waals surface area contributed by atoms with E-state index in [0.29, 0.717) is 11.7 Å². The van der Waals surface area contributed by atoms with Crippen LogP contribution in [-0.2, 0) is 6.42 Å². The SMILES string of the molecule is CCc1ccc(Nc2cc(OC)nc(N)n2)cc1. The van der Waals surface area contributed by atoms with E-state index in [1.54, 1.807) is 13.2 Å². The average molecular weight is 244 g/mol. The summed E-state index contributed by atoms with van der Waals surface area (Å²) in [6.07, 6.45) is 1.02. The zero-order valence-corrected chi connectivity index (χ0v) is 10.5. The third kappa shape index (κ3) is 2.88. The van der Waals surface area contributed by atoms with Gasteiger partial charge < -0.3 is 15.8 Å². The van der Waals surface area contributed by atoms with Gasteiger partial charge in [-0.05, 0) is 24.1 Å². The van der Waals surface area contributed by atoms with Gasteiger partial charge in [-0.25, -0.2) is 0 Å². The molecule has 0 saturated heterocycles. The van der Waals surface area contributed by atoms with Gasteiger partial charge in [0.1, 0.15) is 5.82 Å². The normalized spacial score (nSPS) is 10.1. The second kappa shape index (κ2) is 5.35. The van der Waals surface area contributed by atoms with Crippen LogP contribution in [0.3, 0.4) is 0 Å². The van der Waals surface area contributed by atoms with E-state index in [0.717, 1.165) is 12.1 Å². The highest BCUT2D eigenvalue weighted by molar-refractivity contribution is 5.58. The van der Waals surface area contributed by atoms with Crippen molar-refractivity contribution < 1.29 is 4.74 Å². The van der Waals surface area contributed by atoms with Gasteiger partial charge in [0.05, 0.1) is 7.11 Å². The van der Waals surface area contributed by atoms with Crippen molar-refractivity contribution in [1.82, 2.24) is 9.97 Å². The number of benzene rings is 1. The summed E-state index contributed by atoms with van der Waals surface area (Å²) in [4.78, 5) is 8.02. The van der Waals surface area contributed by atoms with Gasteiger partial charge in [-0.15, -0.1) is 0 Å². The van der Waals surface area contributed by atoms with Crippen LogP contribution in [0, 0.1) is 0 Å². The first-order valence-corrected chi connectivity index (χ1v) is 5.75. The van der Waals surface area contributed by atoms with E-state index in [9.17, 15) is 0 Å². The van der Waals surface area contributed by atoms with E-state index >= 15 is 0 Å². The van der Waals surface area contributed by atoms with E-state index in [4.69, 9.17) is 10.5 Å². The minimum atomic E-state index is 0.182. The second-order valence-corrected chi connectivity index (χ2v) is 3.83. The number of anilines is 3. The lowest BCUT2D eigenvalue weighted by molar-refractivity contribution is 0.398. The van der Waals surface area contributed by atoms with Crippen LogP contribution in [0.25, 0.3) is 0 Å². The van der Waals surface area contributed by atoms with Gasteiger partial charge in [0.2, 0.25) is 11.8 Å². The van der Waals surface area contributed by atoms with Gasteiger partial charge in [-0.1, -0.05) is 19.1 Å². The maximum atomic E-state index is 5.59. The molecule has 3 N–H and O–H groups in total. The molecule has 0 spiro atoms. The molecule has 0 unspecified atom stereocenters. The van der Waals surface area contributed by atoms with Gasteiger partial charge in [-0.3, -0.25) is 0 Å². The molecule has 1 aromatic carbocycles. The number of ether oxygens (including phenoxy) is 1. The summed E-state index contributed by atoms with van der Waals surface area (Å²) in [6.45, 7) is 2.12. The van der Waals surface area contributed by atoms with Crippen LogP contribution in [0.5, 0.6) is 5.88 Å². The van der Waals surface area contributed by atoms with Crippen molar-refractivity contribution in [3.8, 4) is 5.88 Å². The highest BCUT2D eigenvalue weighted by Gasteiger charge is 2.02.